The van der Waals surface area contributed by atoms with E-state index in [1.165, 1.54) is 4.31 Å². The van der Waals surface area contributed by atoms with Crippen LogP contribution in [0.5, 0.6) is 5.75 Å². The quantitative estimate of drug-likeness (QED) is 0.771. The van der Waals surface area contributed by atoms with Gasteiger partial charge in [0, 0.05) is 25.8 Å². The predicted octanol–water partition coefficient (Wildman–Crippen LogP) is 3.07. The van der Waals surface area contributed by atoms with E-state index in [-0.39, 0.29) is 23.3 Å². The van der Waals surface area contributed by atoms with Gasteiger partial charge in [-0.05, 0) is 56.2 Å². The van der Waals surface area contributed by atoms with Crippen LogP contribution in [0.25, 0.3) is 0 Å². The van der Waals surface area contributed by atoms with Crippen molar-refractivity contribution >= 4 is 21.6 Å². The Bertz CT molecular complexity index is 924. The maximum absolute atomic E-state index is 13.0. The number of rotatable bonds is 5. The van der Waals surface area contributed by atoms with E-state index in [9.17, 15) is 13.2 Å². The molecule has 0 N–H and O–H groups in total. The lowest BCUT2D eigenvalue weighted by Crippen LogP contribution is -2.45. The van der Waals surface area contributed by atoms with Crippen LogP contribution >= 0.6 is 0 Å². The number of ether oxygens (including phenoxy) is 1. The van der Waals surface area contributed by atoms with E-state index in [0.29, 0.717) is 19.4 Å². The Morgan fingerprint density at radius 3 is 2.36 bits per heavy atom. The molecule has 0 bridgehead atoms. The third-order valence-electron chi connectivity index (χ3n) is 5.18. The second-order valence-electron chi connectivity index (χ2n) is 7.11. The molecule has 0 radical (unpaired) electrons. The summed E-state index contributed by atoms with van der Waals surface area (Å²) in [6.45, 7) is 2.56. The van der Waals surface area contributed by atoms with Crippen LogP contribution in [-0.4, -0.2) is 45.9 Å². The van der Waals surface area contributed by atoms with Gasteiger partial charge in [0.25, 0.3) is 0 Å². The van der Waals surface area contributed by atoms with E-state index in [0.717, 1.165) is 17.0 Å². The smallest absolute Gasteiger partial charge is 0.243 e. The number of anilines is 1. The van der Waals surface area contributed by atoms with Gasteiger partial charge in [0.1, 0.15) is 5.75 Å². The summed E-state index contributed by atoms with van der Waals surface area (Å²) in [6, 6.07) is 14.1. The van der Waals surface area contributed by atoms with Crippen molar-refractivity contribution in [1.29, 1.82) is 0 Å². The SMILES string of the molecule is COc1ccc(N(C)C(=O)C2CCCN(S(=O)(=O)c3ccc(C)cc3)C2)cc1. The van der Waals surface area contributed by atoms with Gasteiger partial charge in [0.05, 0.1) is 17.9 Å². The van der Waals surface area contributed by atoms with Gasteiger partial charge in [0.15, 0.2) is 0 Å². The van der Waals surface area contributed by atoms with Crippen molar-refractivity contribution in [3.05, 3.63) is 54.1 Å². The Morgan fingerprint density at radius 2 is 1.75 bits per heavy atom. The van der Waals surface area contributed by atoms with Gasteiger partial charge < -0.3 is 9.64 Å². The maximum Gasteiger partial charge on any atom is 0.243 e. The van der Waals surface area contributed by atoms with E-state index in [1.54, 1.807) is 55.5 Å². The molecule has 0 aliphatic carbocycles. The molecule has 0 spiro atoms. The molecule has 1 heterocycles. The Kier molecular flexibility index (Phi) is 6.05. The number of hydrogen-bond donors (Lipinski definition) is 0. The van der Waals surface area contributed by atoms with Crippen molar-refractivity contribution < 1.29 is 17.9 Å². The highest BCUT2D eigenvalue weighted by Gasteiger charge is 2.34. The van der Waals surface area contributed by atoms with Crippen molar-refractivity contribution in [1.82, 2.24) is 4.31 Å². The van der Waals surface area contributed by atoms with Crippen LogP contribution in [-0.2, 0) is 14.8 Å². The molecule has 1 saturated heterocycles. The van der Waals surface area contributed by atoms with Gasteiger partial charge >= 0.3 is 0 Å². The fourth-order valence-corrected chi connectivity index (χ4v) is 4.95. The molecular formula is C21H26N2O4S. The molecule has 1 aliphatic heterocycles. The lowest BCUT2D eigenvalue weighted by Gasteiger charge is -2.33. The average molecular weight is 403 g/mol. The number of benzene rings is 2. The highest BCUT2D eigenvalue weighted by atomic mass is 32.2. The van der Waals surface area contributed by atoms with Crippen LogP contribution in [0.3, 0.4) is 0 Å². The fraction of sp³-hybridized carbons (Fsp3) is 0.381. The van der Waals surface area contributed by atoms with Crippen molar-refractivity contribution in [3.8, 4) is 5.75 Å². The minimum atomic E-state index is -3.60. The fourth-order valence-electron chi connectivity index (χ4n) is 3.43. The van der Waals surface area contributed by atoms with Crippen LogP contribution in [0.2, 0.25) is 0 Å². The average Bonchev–Trinajstić information content (AvgIpc) is 2.73. The molecule has 1 atom stereocenters. The first-order valence-corrected chi connectivity index (χ1v) is 10.8. The molecule has 1 aliphatic rings. The van der Waals surface area contributed by atoms with E-state index in [4.69, 9.17) is 4.74 Å². The predicted molar refractivity (Wildman–Crippen MR) is 109 cm³/mol. The Balaban J connectivity index is 1.74. The maximum atomic E-state index is 13.0. The van der Waals surface area contributed by atoms with Crippen LogP contribution in [0, 0.1) is 12.8 Å². The van der Waals surface area contributed by atoms with Crippen LogP contribution in [0.1, 0.15) is 18.4 Å². The second-order valence-corrected chi connectivity index (χ2v) is 9.05. The number of carbonyl (C=O) groups excluding carboxylic acids is 1. The van der Waals surface area contributed by atoms with Crippen molar-refractivity contribution in [2.24, 2.45) is 5.92 Å². The molecule has 3 rings (SSSR count). The molecule has 2 aromatic rings. The lowest BCUT2D eigenvalue weighted by molar-refractivity contribution is -0.123. The Labute approximate surface area is 166 Å². The molecule has 1 amide bonds. The molecule has 0 saturated carbocycles. The first kappa shape index (κ1) is 20.4. The van der Waals surface area contributed by atoms with Crippen molar-refractivity contribution in [2.75, 3.05) is 32.1 Å². The van der Waals surface area contributed by atoms with Gasteiger partial charge in [-0.2, -0.15) is 4.31 Å². The van der Waals surface area contributed by atoms with E-state index in [1.807, 2.05) is 19.1 Å². The number of carbonyl (C=O) groups is 1. The number of hydrogen-bond acceptors (Lipinski definition) is 4. The summed E-state index contributed by atoms with van der Waals surface area (Å²) in [6.07, 6.45) is 1.34. The number of sulfonamides is 1. The zero-order valence-corrected chi connectivity index (χ0v) is 17.3. The topological polar surface area (TPSA) is 66.9 Å². The number of amides is 1. The van der Waals surface area contributed by atoms with Crippen molar-refractivity contribution in [2.45, 2.75) is 24.7 Å². The summed E-state index contributed by atoms with van der Waals surface area (Å²) in [5.41, 5.74) is 1.76. The second kappa shape index (κ2) is 8.32. The molecule has 6 nitrogen and oxygen atoms in total. The number of methoxy groups -OCH3 is 1. The Hall–Kier alpha value is -2.38. The van der Waals surface area contributed by atoms with Crippen LogP contribution in [0.15, 0.2) is 53.4 Å². The molecule has 0 aromatic heterocycles. The molecule has 2 aromatic carbocycles. The Morgan fingerprint density at radius 1 is 1.11 bits per heavy atom. The third kappa shape index (κ3) is 4.20. The summed E-state index contributed by atoms with van der Waals surface area (Å²) in [5.74, 6) is 0.285. The monoisotopic (exact) mass is 402 g/mol. The normalized spacial score (nSPS) is 17.9. The van der Waals surface area contributed by atoms with Gasteiger partial charge in [-0.15, -0.1) is 0 Å². The summed E-state index contributed by atoms with van der Waals surface area (Å²) < 4.78 is 32.5. The minimum absolute atomic E-state index is 0.0750. The highest BCUT2D eigenvalue weighted by molar-refractivity contribution is 7.89. The molecule has 1 fully saturated rings. The molecule has 28 heavy (non-hydrogen) atoms. The first-order valence-electron chi connectivity index (χ1n) is 9.31. The standard InChI is InChI=1S/C21H26N2O4S/c1-16-6-12-20(13-7-16)28(25,26)23-14-4-5-17(15-23)21(24)22(2)18-8-10-19(27-3)11-9-18/h6-13,17H,4-5,14-15H2,1-3H3. The summed E-state index contributed by atoms with van der Waals surface area (Å²) in [5, 5.41) is 0. The molecular weight excluding hydrogens is 376 g/mol. The molecule has 1 unspecified atom stereocenters. The number of piperidine rings is 1. The summed E-state index contributed by atoms with van der Waals surface area (Å²) >= 11 is 0. The van der Waals surface area contributed by atoms with Crippen LogP contribution < -0.4 is 9.64 Å². The zero-order chi connectivity index (χ0) is 20.3. The van der Waals surface area contributed by atoms with Crippen LogP contribution in [0.4, 0.5) is 5.69 Å². The van der Waals surface area contributed by atoms with E-state index < -0.39 is 10.0 Å². The molecule has 7 heteroatoms. The van der Waals surface area contributed by atoms with Gasteiger partial charge in [-0.25, -0.2) is 8.42 Å². The van der Waals surface area contributed by atoms with Gasteiger partial charge in [-0.1, -0.05) is 17.7 Å². The van der Waals surface area contributed by atoms with E-state index >= 15 is 0 Å². The minimum Gasteiger partial charge on any atom is -0.497 e. The lowest BCUT2D eigenvalue weighted by atomic mass is 9.98. The summed E-state index contributed by atoms with van der Waals surface area (Å²) in [4.78, 5) is 14.8. The van der Waals surface area contributed by atoms with Gasteiger partial charge in [0.2, 0.25) is 15.9 Å². The summed E-state index contributed by atoms with van der Waals surface area (Å²) in [7, 11) is -0.286. The number of nitrogens with zero attached hydrogens (tertiary/aromatic N) is 2. The van der Waals surface area contributed by atoms with Crippen molar-refractivity contribution in [3.63, 3.8) is 0 Å². The zero-order valence-electron chi connectivity index (χ0n) is 16.5. The largest absolute Gasteiger partial charge is 0.497 e. The third-order valence-corrected chi connectivity index (χ3v) is 7.06. The highest BCUT2D eigenvalue weighted by Crippen LogP contribution is 2.27. The molecule has 150 valence electrons. The van der Waals surface area contributed by atoms with Gasteiger partial charge in [-0.3, -0.25) is 4.79 Å². The number of aryl methyl sites for hydroxylation is 1. The van der Waals surface area contributed by atoms with E-state index in [2.05, 4.69) is 0 Å². The first-order chi connectivity index (χ1) is 13.3.